The average molecular weight is 289 g/mol. The van der Waals surface area contributed by atoms with Gasteiger partial charge in [-0.3, -0.25) is 0 Å². The van der Waals surface area contributed by atoms with Crippen LogP contribution in [0.5, 0.6) is 0 Å². The van der Waals surface area contributed by atoms with Crippen molar-refractivity contribution in [3.05, 3.63) is 0 Å². The molecule has 0 amide bonds. The number of aliphatic hydroxyl groups is 1. The van der Waals surface area contributed by atoms with E-state index in [4.69, 9.17) is 4.43 Å². The fraction of sp³-hybridized carbons (Fsp3) is 1.00. The van der Waals surface area contributed by atoms with E-state index in [-0.39, 0.29) is 11.1 Å². The molecule has 0 aliphatic heterocycles. The maximum Gasteiger partial charge on any atom is 0.191 e. The molecule has 3 heteroatoms. The van der Waals surface area contributed by atoms with Crippen molar-refractivity contribution < 1.29 is 9.53 Å². The van der Waals surface area contributed by atoms with Crippen molar-refractivity contribution in [2.45, 2.75) is 96.9 Å². The minimum absolute atomic E-state index is 0.125. The van der Waals surface area contributed by atoms with E-state index >= 15 is 0 Å². The Morgan fingerprint density at radius 3 is 2.11 bits per heavy atom. The Morgan fingerprint density at radius 1 is 1.00 bits per heavy atom. The first-order valence-electron chi connectivity index (χ1n) is 8.02. The molecule has 0 aliphatic rings. The molecule has 0 aliphatic carbocycles. The summed E-state index contributed by atoms with van der Waals surface area (Å²) in [6.07, 6.45) is 7.69. The topological polar surface area (TPSA) is 29.5 Å². The lowest BCUT2D eigenvalue weighted by Gasteiger charge is -2.36. The average Bonchev–Trinajstić information content (AvgIpc) is 2.29. The van der Waals surface area contributed by atoms with Crippen molar-refractivity contribution in [2.24, 2.45) is 0 Å². The van der Waals surface area contributed by atoms with E-state index in [9.17, 15) is 5.11 Å². The third kappa shape index (κ3) is 8.82. The van der Waals surface area contributed by atoms with Gasteiger partial charge in [0.1, 0.15) is 0 Å². The van der Waals surface area contributed by atoms with Crippen molar-refractivity contribution in [3.63, 3.8) is 0 Å². The minimum Gasteiger partial charge on any atom is -0.417 e. The molecule has 116 valence electrons. The third-order valence-electron chi connectivity index (χ3n) is 4.34. The van der Waals surface area contributed by atoms with Gasteiger partial charge >= 0.3 is 0 Å². The van der Waals surface area contributed by atoms with Crippen LogP contribution in [0, 0.1) is 0 Å². The number of aliphatic hydroxyl groups excluding tert-OH is 1. The number of unbranched alkanes of at least 4 members (excludes halogenated alkanes) is 3. The van der Waals surface area contributed by atoms with Crippen LogP contribution in [0.1, 0.15) is 72.6 Å². The van der Waals surface area contributed by atoms with Crippen molar-refractivity contribution in [1.29, 1.82) is 0 Å². The Morgan fingerprint density at radius 2 is 1.58 bits per heavy atom. The van der Waals surface area contributed by atoms with Crippen LogP contribution in [0.3, 0.4) is 0 Å². The molecule has 1 N–H and O–H groups in total. The Labute approximate surface area is 122 Å². The summed E-state index contributed by atoms with van der Waals surface area (Å²) in [7, 11) is -1.59. The molecule has 1 atom stereocenters. The zero-order valence-corrected chi connectivity index (χ0v) is 15.1. The van der Waals surface area contributed by atoms with Crippen LogP contribution >= 0.6 is 0 Å². The van der Waals surface area contributed by atoms with Gasteiger partial charge in [-0.05, 0) is 37.4 Å². The summed E-state index contributed by atoms with van der Waals surface area (Å²) in [4.78, 5) is 0. The van der Waals surface area contributed by atoms with Crippen LogP contribution < -0.4 is 0 Å². The second-order valence-corrected chi connectivity index (χ2v) is 12.1. The molecule has 19 heavy (non-hydrogen) atoms. The van der Waals surface area contributed by atoms with Crippen LogP contribution in [-0.4, -0.2) is 26.1 Å². The molecule has 0 aromatic heterocycles. The Balaban J connectivity index is 3.63. The van der Waals surface area contributed by atoms with Gasteiger partial charge in [-0.15, -0.1) is 0 Å². The highest BCUT2D eigenvalue weighted by Gasteiger charge is 2.36. The highest BCUT2D eigenvalue weighted by molar-refractivity contribution is 6.74. The summed E-state index contributed by atoms with van der Waals surface area (Å²) < 4.78 is 6.12. The molecule has 1 unspecified atom stereocenters. The molecule has 0 aromatic carbocycles. The van der Waals surface area contributed by atoms with Gasteiger partial charge in [-0.1, -0.05) is 53.4 Å². The Bertz CT molecular complexity index is 221. The van der Waals surface area contributed by atoms with Crippen LogP contribution in [-0.2, 0) is 4.43 Å². The highest BCUT2D eigenvalue weighted by Crippen LogP contribution is 2.36. The van der Waals surface area contributed by atoms with E-state index in [2.05, 4.69) is 40.8 Å². The molecule has 0 heterocycles. The maximum atomic E-state index is 9.89. The fourth-order valence-corrected chi connectivity index (χ4v) is 2.90. The number of hydrogen-bond acceptors (Lipinski definition) is 2. The zero-order chi connectivity index (χ0) is 14.9. The van der Waals surface area contributed by atoms with E-state index in [1.54, 1.807) is 0 Å². The molecule has 0 saturated carbocycles. The van der Waals surface area contributed by atoms with Crippen LogP contribution in [0.15, 0.2) is 0 Å². The predicted molar refractivity (Wildman–Crippen MR) is 87.1 cm³/mol. The SMILES string of the molecule is CCCCCCC(O)CCCO[Si](C)(C)C(C)(C)C. The van der Waals surface area contributed by atoms with Crippen molar-refractivity contribution >= 4 is 8.32 Å². The molecule has 0 rings (SSSR count). The van der Waals surface area contributed by atoms with Gasteiger partial charge in [0, 0.05) is 6.61 Å². The lowest BCUT2D eigenvalue weighted by Crippen LogP contribution is -2.41. The molecule has 0 aromatic rings. The summed E-state index contributed by atoms with van der Waals surface area (Å²) in [6.45, 7) is 14.4. The van der Waals surface area contributed by atoms with Gasteiger partial charge in [0.2, 0.25) is 0 Å². The van der Waals surface area contributed by atoms with Gasteiger partial charge in [0.05, 0.1) is 6.10 Å². The Hall–Kier alpha value is 0.137. The molecular formula is C16H36O2Si. The molecular weight excluding hydrogens is 252 g/mol. The Kier molecular flexibility index (Phi) is 9.21. The first-order valence-corrected chi connectivity index (χ1v) is 10.9. The lowest BCUT2D eigenvalue weighted by molar-refractivity contribution is 0.138. The van der Waals surface area contributed by atoms with E-state index in [0.717, 1.165) is 32.3 Å². The van der Waals surface area contributed by atoms with Crippen molar-refractivity contribution in [3.8, 4) is 0 Å². The molecule has 0 spiro atoms. The van der Waals surface area contributed by atoms with E-state index in [1.165, 1.54) is 19.3 Å². The minimum atomic E-state index is -1.59. The first-order chi connectivity index (χ1) is 8.70. The normalized spacial score (nSPS) is 14.7. The molecule has 0 bridgehead atoms. The summed E-state index contributed by atoms with van der Waals surface area (Å²) in [5.41, 5.74) is 0. The zero-order valence-electron chi connectivity index (χ0n) is 14.1. The molecule has 0 fully saturated rings. The highest BCUT2D eigenvalue weighted by atomic mass is 28.4. The third-order valence-corrected chi connectivity index (χ3v) is 8.88. The van der Waals surface area contributed by atoms with E-state index in [1.807, 2.05) is 0 Å². The van der Waals surface area contributed by atoms with Gasteiger partial charge < -0.3 is 9.53 Å². The quantitative estimate of drug-likeness (QED) is 0.446. The van der Waals surface area contributed by atoms with Crippen molar-refractivity contribution in [2.75, 3.05) is 6.61 Å². The summed E-state index contributed by atoms with van der Waals surface area (Å²) >= 11 is 0. The standard InChI is InChI=1S/C16H36O2Si/c1-7-8-9-10-12-15(17)13-11-14-18-19(5,6)16(2,3)4/h15,17H,7-14H2,1-6H3. The monoisotopic (exact) mass is 288 g/mol. The van der Waals surface area contributed by atoms with Gasteiger partial charge in [0.15, 0.2) is 8.32 Å². The smallest absolute Gasteiger partial charge is 0.191 e. The van der Waals surface area contributed by atoms with Gasteiger partial charge in [-0.2, -0.15) is 0 Å². The second kappa shape index (κ2) is 9.14. The second-order valence-electron chi connectivity index (χ2n) is 7.25. The largest absolute Gasteiger partial charge is 0.417 e. The predicted octanol–water partition coefficient (Wildman–Crippen LogP) is 5.12. The molecule has 0 radical (unpaired) electrons. The van der Waals surface area contributed by atoms with E-state index < -0.39 is 8.32 Å². The van der Waals surface area contributed by atoms with Gasteiger partial charge in [0.25, 0.3) is 0 Å². The van der Waals surface area contributed by atoms with Crippen LogP contribution in [0.4, 0.5) is 0 Å². The summed E-state index contributed by atoms with van der Waals surface area (Å²) in [5.74, 6) is 0. The number of rotatable bonds is 10. The van der Waals surface area contributed by atoms with Crippen molar-refractivity contribution in [1.82, 2.24) is 0 Å². The molecule has 2 nitrogen and oxygen atoms in total. The summed E-state index contributed by atoms with van der Waals surface area (Å²) in [6, 6.07) is 0. The molecule has 0 saturated heterocycles. The number of hydrogen-bond donors (Lipinski definition) is 1. The lowest BCUT2D eigenvalue weighted by atomic mass is 10.1. The first kappa shape index (κ1) is 19.1. The summed E-state index contributed by atoms with van der Waals surface area (Å²) in [5, 5.41) is 10.2. The van der Waals surface area contributed by atoms with Gasteiger partial charge in [-0.25, -0.2) is 0 Å². The van der Waals surface area contributed by atoms with E-state index in [0.29, 0.717) is 0 Å². The van der Waals surface area contributed by atoms with Crippen LogP contribution in [0.2, 0.25) is 18.1 Å². The maximum absolute atomic E-state index is 9.89. The van der Waals surface area contributed by atoms with Crippen LogP contribution in [0.25, 0.3) is 0 Å². The fourth-order valence-electron chi connectivity index (χ4n) is 1.81.